The summed E-state index contributed by atoms with van der Waals surface area (Å²) >= 11 is 6.18. The summed E-state index contributed by atoms with van der Waals surface area (Å²) in [6.07, 6.45) is 3.49. The number of nitrogens with one attached hydrogen (secondary N) is 2. The van der Waals surface area contributed by atoms with Gasteiger partial charge in [0.05, 0.1) is 5.69 Å². The van der Waals surface area contributed by atoms with Gasteiger partial charge >= 0.3 is 0 Å². The Morgan fingerprint density at radius 3 is 2.57 bits per heavy atom. The molecular weight excluding hydrogens is 310 g/mol. The van der Waals surface area contributed by atoms with E-state index in [2.05, 4.69) is 25.6 Å². The fourth-order valence-electron chi connectivity index (χ4n) is 2.15. The van der Waals surface area contributed by atoms with E-state index in [1.807, 2.05) is 42.5 Å². The Hall–Kier alpha value is -2.66. The Labute approximate surface area is 139 Å². The molecule has 0 saturated heterocycles. The van der Waals surface area contributed by atoms with E-state index in [0.717, 1.165) is 27.7 Å². The van der Waals surface area contributed by atoms with Crippen LogP contribution in [0.15, 0.2) is 54.9 Å². The number of aromatic nitrogens is 3. The van der Waals surface area contributed by atoms with Crippen molar-refractivity contribution in [3.8, 4) is 11.3 Å². The van der Waals surface area contributed by atoms with Crippen molar-refractivity contribution in [2.45, 2.75) is 6.54 Å². The maximum Gasteiger partial charge on any atom is 0.224 e. The molecule has 0 spiro atoms. The van der Waals surface area contributed by atoms with Crippen molar-refractivity contribution in [3.05, 3.63) is 65.4 Å². The lowest BCUT2D eigenvalue weighted by atomic mass is 10.2. The molecule has 6 heteroatoms. The Morgan fingerprint density at radius 2 is 1.83 bits per heavy atom. The topological polar surface area (TPSA) is 62.7 Å². The molecule has 23 heavy (non-hydrogen) atoms. The van der Waals surface area contributed by atoms with Crippen molar-refractivity contribution < 1.29 is 0 Å². The van der Waals surface area contributed by atoms with Gasteiger partial charge in [-0.3, -0.25) is 4.98 Å². The molecule has 0 saturated carbocycles. The van der Waals surface area contributed by atoms with E-state index in [1.54, 1.807) is 19.4 Å². The Kier molecular flexibility index (Phi) is 4.68. The molecular formula is C17H16ClN5. The van der Waals surface area contributed by atoms with Gasteiger partial charge in [0.1, 0.15) is 5.82 Å². The van der Waals surface area contributed by atoms with Gasteiger partial charge < -0.3 is 10.6 Å². The van der Waals surface area contributed by atoms with Gasteiger partial charge in [0.2, 0.25) is 5.95 Å². The van der Waals surface area contributed by atoms with Gasteiger partial charge in [0, 0.05) is 42.6 Å². The summed E-state index contributed by atoms with van der Waals surface area (Å²) in [6, 6.07) is 13.5. The highest BCUT2D eigenvalue weighted by atomic mass is 35.5. The normalized spacial score (nSPS) is 10.3. The van der Waals surface area contributed by atoms with Gasteiger partial charge in [-0.15, -0.1) is 0 Å². The number of benzene rings is 1. The van der Waals surface area contributed by atoms with Crippen LogP contribution in [0.2, 0.25) is 5.02 Å². The molecule has 0 bridgehead atoms. The first-order chi connectivity index (χ1) is 11.3. The Bertz CT molecular complexity index is 792. The summed E-state index contributed by atoms with van der Waals surface area (Å²) in [5.74, 6) is 1.29. The third kappa shape index (κ3) is 3.76. The molecule has 0 atom stereocenters. The van der Waals surface area contributed by atoms with Crippen LogP contribution < -0.4 is 10.6 Å². The van der Waals surface area contributed by atoms with Crippen molar-refractivity contribution in [2.24, 2.45) is 0 Å². The van der Waals surface area contributed by atoms with E-state index in [9.17, 15) is 0 Å². The number of hydrogen-bond donors (Lipinski definition) is 2. The van der Waals surface area contributed by atoms with Crippen molar-refractivity contribution in [1.29, 1.82) is 0 Å². The zero-order valence-corrected chi connectivity index (χ0v) is 13.4. The smallest absolute Gasteiger partial charge is 0.224 e. The highest BCUT2D eigenvalue weighted by Gasteiger charge is 2.06. The summed E-state index contributed by atoms with van der Waals surface area (Å²) < 4.78 is 0. The molecule has 0 fully saturated rings. The summed E-state index contributed by atoms with van der Waals surface area (Å²) in [7, 11) is 1.80. The largest absolute Gasteiger partial charge is 0.366 e. The highest BCUT2D eigenvalue weighted by Crippen LogP contribution is 2.22. The zero-order chi connectivity index (χ0) is 16.1. The fraction of sp³-hybridized carbons (Fsp3) is 0.118. The van der Waals surface area contributed by atoms with E-state index in [-0.39, 0.29) is 0 Å². The predicted octanol–water partition coefficient (Wildman–Crippen LogP) is 3.85. The summed E-state index contributed by atoms with van der Waals surface area (Å²) in [4.78, 5) is 12.9. The van der Waals surface area contributed by atoms with E-state index >= 15 is 0 Å². The SMILES string of the molecule is CNc1nc(NCc2ccccc2Cl)cc(-c2ccncc2)n1. The van der Waals surface area contributed by atoms with Gasteiger partial charge in [0.15, 0.2) is 0 Å². The van der Waals surface area contributed by atoms with Crippen LogP contribution in [0.5, 0.6) is 0 Å². The average Bonchev–Trinajstić information content (AvgIpc) is 2.61. The first kappa shape index (κ1) is 15.2. The van der Waals surface area contributed by atoms with Gasteiger partial charge in [0.25, 0.3) is 0 Å². The van der Waals surface area contributed by atoms with Gasteiger partial charge in [-0.05, 0) is 23.8 Å². The molecule has 0 radical (unpaired) electrons. The monoisotopic (exact) mass is 325 g/mol. The summed E-state index contributed by atoms with van der Waals surface area (Å²) in [6.45, 7) is 0.593. The number of rotatable bonds is 5. The molecule has 0 aliphatic rings. The maximum absolute atomic E-state index is 6.18. The number of hydrogen-bond acceptors (Lipinski definition) is 5. The van der Waals surface area contributed by atoms with E-state index in [0.29, 0.717) is 12.5 Å². The molecule has 2 N–H and O–H groups in total. The van der Waals surface area contributed by atoms with Gasteiger partial charge in [-0.25, -0.2) is 4.98 Å². The number of halogens is 1. The first-order valence-corrected chi connectivity index (χ1v) is 7.58. The molecule has 1 aromatic carbocycles. The van der Waals surface area contributed by atoms with Gasteiger partial charge in [-0.1, -0.05) is 29.8 Å². The van der Waals surface area contributed by atoms with Crippen molar-refractivity contribution in [1.82, 2.24) is 15.0 Å². The fourth-order valence-corrected chi connectivity index (χ4v) is 2.35. The number of anilines is 2. The molecule has 3 rings (SSSR count). The number of pyridine rings is 1. The van der Waals surface area contributed by atoms with Crippen LogP contribution in [0.1, 0.15) is 5.56 Å². The molecule has 2 heterocycles. The number of nitrogens with zero attached hydrogens (tertiary/aromatic N) is 3. The van der Waals surface area contributed by atoms with Gasteiger partial charge in [-0.2, -0.15) is 4.98 Å². The molecule has 2 aromatic heterocycles. The molecule has 5 nitrogen and oxygen atoms in total. The minimum Gasteiger partial charge on any atom is -0.366 e. The van der Waals surface area contributed by atoms with Crippen LogP contribution in [0, 0.1) is 0 Å². The zero-order valence-electron chi connectivity index (χ0n) is 12.6. The maximum atomic E-state index is 6.18. The lowest BCUT2D eigenvalue weighted by Gasteiger charge is -2.10. The lowest BCUT2D eigenvalue weighted by molar-refractivity contribution is 1.08. The molecule has 116 valence electrons. The lowest BCUT2D eigenvalue weighted by Crippen LogP contribution is -2.05. The van der Waals surface area contributed by atoms with Crippen molar-refractivity contribution in [3.63, 3.8) is 0 Å². The first-order valence-electron chi connectivity index (χ1n) is 7.21. The standard InChI is InChI=1S/C17H16ClN5/c1-19-17-22-15(12-6-8-20-9-7-12)10-16(23-17)21-11-13-4-2-3-5-14(13)18/h2-10H,11H2,1H3,(H2,19,21,22,23). The van der Waals surface area contributed by atoms with Crippen LogP contribution in [0.25, 0.3) is 11.3 Å². The van der Waals surface area contributed by atoms with Crippen LogP contribution in [-0.4, -0.2) is 22.0 Å². The van der Waals surface area contributed by atoms with Crippen LogP contribution >= 0.6 is 11.6 Å². The minimum absolute atomic E-state index is 0.556. The van der Waals surface area contributed by atoms with Crippen molar-refractivity contribution >= 4 is 23.4 Å². The van der Waals surface area contributed by atoms with E-state index in [4.69, 9.17) is 11.6 Å². The van der Waals surface area contributed by atoms with Crippen LogP contribution in [-0.2, 0) is 6.54 Å². The second kappa shape index (κ2) is 7.07. The van der Waals surface area contributed by atoms with Crippen LogP contribution in [0.3, 0.4) is 0 Å². The molecule has 0 amide bonds. The van der Waals surface area contributed by atoms with Crippen molar-refractivity contribution in [2.75, 3.05) is 17.7 Å². The second-order valence-corrected chi connectivity index (χ2v) is 5.30. The summed E-state index contributed by atoms with van der Waals surface area (Å²) in [5.41, 5.74) is 2.83. The molecule has 3 aromatic rings. The average molecular weight is 326 g/mol. The van der Waals surface area contributed by atoms with Crippen LogP contribution in [0.4, 0.5) is 11.8 Å². The second-order valence-electron chi connectivity index (χ2n) is 4.89. The molecule has 0 aliphatic heterocycles. The molecule has 0 unspecified atom stereocenters. The van der Waals surface area contributed by atoms with E-state index < -0.39 is 0 Å². The Morgan fingerprint density at radius 1 is 1.04 bits per heavy atom. The molecule has 0 aliphatic carbocycles. The predicted molar refractivity (Wildman–Crippen MR) is 93.6 cm³/mol. The third-order valence-electron chi connectivity index (χ3n) is 3.34. The third-order valence-corrected chi connectivity index (χ3v) is 3.71. The Balaban J connectivity index is 1.86. The quantitative estimate of drug-likeness (QED) is 0.746. The van der Waals surface area contributed by atoms with E-state index in [1.165, 1.54) is 0 Å². The minimum atomic E-state index is 0.556. The highest BCUT2D eigenvalue weighted by molar-refractivity contribution is 6.31. The summed E-state index contributed by atoms with van der Waals surface area (Å²) in [5, 5.41) is 7.01.